The molecule has 0 bridgehead atoms. The maximum atomic E-state index is 5.50. The molecule has 2 rings (SSSR count). The van der Waals surface area contributed by atoms with Crippen LogP contribution in [0.15, 0.2) is 42.2 Å². The molecule has 20 heavy (non-hydrogen) atoms. The average molecular weight is 273 g/mol. The van der Waals surface area contributed by atoms with Gasteiger partial charge in [-0.25, -0.2) is 0 Å². The van der Waals surface area contributed by atoms with E-state index < -0.39 is 0 Å². The first-order chi connectivity index (χ1) is 9.56. The Morgan fingerprint density at radius 2 is 2.15 bits per heavy atom. The van der Waals surface area contributed by atoms with E-state index in [0.717, 1.165) is 18.7 Å². The zero-order valence-electron chi connectivity index (χ0n) is 12.8. The van der Waals surface area contributed by atoms with Crippen molar-refractivity contribution in [2.24, 2.45) is 0 Å². The molecular formula is C17H23NO2. The second-order valence-electron chi connectivity index (χ2n) is 5.29. The van der Waals surface area contributed by atoms with Gasteiger partial charge < -0.3 is 9.47 Å². The molecule has 1 unspecified atom stereocenters. The molecule has 1 aromatic rings. The average Bonchev–Trinajstić information content (AvgIpc) is 2.45. The number of benzene rings is 1. The Kier molecular flexibility index (Phi) is 4.50. The third-order valence-electron chi connectivity index (χ3n) is 3.98. The lowest BCUT2D eigenvalue weighted by atomic mass is 9.90. The van der Waals surface area contributed by atoms with E-state index in [1.165, 1.54) is 16.7 Å². The molecule has 0 spiro atoms. The highest BCUT2D eigenvalue weighted by molar-refractivity contribution is 5.43. The normalized spacial score (nSPS) is 19.4. The van der Waals surface area contributed by atoms with E-state index >= 15 is 0 Å². The summed E-state index contributed by atoms with van der Waals surface area (Å²) in [6.45, 7) is 6.93. The SMILES string of the molecule is C=C(C=C(C)C1Cc2c(cccc2OC)CN1C)OC. The van der Waals surface area contributed by atoms with Gasteiger partial charge in [-0.05, 0) is 38.1 Å². The fourth-order valence-corrected chi connectivity index (χ4v) is 2.83. The summed E-state index contributed by atoms with van der Waals surface area (Å²) in [7, 11) is 5.54. The van der Waals surface area contributed by atoms with Crippen LogP contribution >= 0.6 is 0 Å². The second-order valence-corrected chi connectivity index (χ2v) is 5.29. The Bertz CT molecular complexity index is 534. The Labute approximate surface area is 121 Å². The number of rotatable bonds is 4. The number of hydrogen-bond acceptors (Lipinski definition) is 3. The summed E-state index contributed by atoms with van der Waals surface area (Å²) in [6, 6.07) is 6.62. The smallest absolute Gasteiger partial charge is 0.122 e. The van der Waals surface area contributed by atoms with Gasteiger partial charge in [0.15, 0.2) is 0 Å². The van der Waals surface area contributed by atoms with Crippen LogP contribution < -0.4 is 4.74 Å². The molecule has 0 fully saturated rings. The van der Waals surface area contributed by atoms with Crippen molar-refractivity contribution in [3.8, 4) is 5.75 Å². The number of nitrogens with zero attached hydrogens (tertiary/aromatic N) is 1. The zero-order valence-corrected chi connectivity index (χ0v) is 12.8. The fraction of sp³-hybridized carbons (Fsp3) is 0.412. The Morgan fingerprint density at radius 1 is 1.40 bits per heavy atom. The third kappa shape index (κ3) is 2.88. The summed E-state index contributed by atoms with van der Waals surface area (Å²) in [5, 5.41) is 0. The van der Waals surface area contributed by atoms with Crippen LogP contribution in [-0.2, 0) is 17.7 Å². The molecule has 0 aliphatic carbocycles. The van der Waals surface area contributed by atoms with Gasteiger partial charge in [-0.3, -0.25) is 4.90 Å². The van der Waals surface area contributed by atoms with Crippen molar-refractivity contribution in [1.82, 2.24) is 4.90 Å². The standard InChI is InChI=1S/C17H23NO2/c1-12(9-13(2)19-4)16-10-15-14(11-18(16)3)7-6-8-17(15)20-5/h6-9,16H,2,10-11H2,1,3-5H3. The van der Waals surface area contributed by atoms with E-state index in [1.807, 2.05) is 12.1 Å². The van der Waals surface area contributed by atoms with Crippen LogP contribution in [0.4, 0.5) is 0 Å². The van der Waals surface area contributed by atoms with Crippen LogP contribution in [0.5, 0.6) is 5.75 Å². The monoisotopic (exact) mass is 273 g/mol. The minimum atomic E-state index is 0.352. The summed E-state index contributed by atoms with van der Waals surface area (Å²) >= 11 is 0. The molecular weight excluding hydrogens is 250 g/mol. The van der Waals surface area contributed by atoms with E-state index in [1.54, 1.807) is 14.2 Å². The minimum absolute atomic E-state index is 0.352. The Balaban J connectivity index is 2.31. The highest BCUT2D eigenvalue weighted by atomic mass is 16.5. The summed E-state index contributed by atoms with van der Waals surface area (Å²) in [5.74, 6) is 1.68. The van der Waals surface area contributed by atoms with Gasteiger partial charge >= 0.3 is 0 Å². The molecule has 1 aliphatic rings. The summed E-state index contributed by atoms with van der Waals surface area (Å²) in [4.78, 5) is 2.36. The van der Waals surface area contributed by atoms with E-state index in [9.17, 15) is 0 Å². The van der Waals surface area contributed by atoms with Gasteiger partial charge in [0.05, 0.1) is 14.2 Å². The van der Waals surface area contributed by atoms with Gasteiger partial charge in [-0.2, -0.15) is 0 Å². The van der Waals surface area contributed by atoms with Gasteiger partial charge in [-0.1, -0.05) is 24.3 Å². The number of allylic oxidation sites excluding steroid dienone is 1. The minimum Gasteiger partial charge on any atom is -0.497 e. The molecule has 108 valence electrons. The first kappa shape index (κ1) is 14.7. The van der Waals surface area contributed by atoms with Gasteiger partial charge in [0, 0.05) is 18.2 Å². The Hall–Kier alpha value is -1.74. The van der Waals surface area contributed by atoms with Gasteiger partial charge in [0.1, 0.15) is 11.5 Å². The van der Waals surface area contributed by atoms with E-state index in [0.29, 0.717) is 11.8 Å². The Morgan fingerprint density at radius 3 is 2.80 bits per heavy atom. The van der Waals surface area contributed by atoms with Crippen LogP contribution in [0.1, 0.15) is 18.1 Å². The molecule has 0 radical (unpaired) electrons. The van der Waals surface area contributed by atoms with Crippen molar-refractivity contribution in [2.45, 2.75) is 25.9 Å². The highest BCUT2D eigenvalue weighted by Crippen LogP contribution is 2.32. The number of methoxy groups -OCH3 is 2. The number of likely N-dealkylation sites (N-methyl/N-ethyl adjacent to an activating group) is 1. The lowest BCUT2D eigenvalue weighted by Crippen LogP contribution is -2.38. The number of ether oxygens (including phenoxy) is 2. The molecule has 0 saturated carbocycles. The molecule has 1 heterocycles. The van der Waals surface area contributed by atoms with Crippen molar-refractivity contribution in [1.29, 1.82) is 0 Å². The van der Waals surface area contributed by atoms with E-state index in [-0.39, 0.29) is 0 Å². The molecule has 0 N–H and O–H groups in total. The van der Waals surface area contributed by atoms with E-state index in [2.05, 4.69) is 37.6 Å². The third-order valence-corrected chi connectivity index (χ3v) is 3.98. The fourth-order valence-electron chi connectivity index (χ4n) is 2.83. The van der Waals surface area contributed by atoms with Crippen LogP contribution in [0.25, 0.3) is 0 Å². The zero-order chi connectivity index (χ0) is 14.7. The first-order valence-corrected chi connectivity index (χ1v) is 6.83. The number of fused-ring (bicyclic) bond motifs is 1. The molecule has 3 heteroatoms. The molecule has 0 aromatic heterocycles. The number of hydrogen-bond donors (Lipinski definition) is 0. The van der Waals surface area contributed by atoms with E-state index in [4.69, 9.17) is 9.47 Å². The van der Waals surface area contributed by atoms with Gasteiger partial charge in [0.25, 0.3) is 0 Å². The summed E-state index contributed by atoms with van der Waals surface area (Å²) in [6.07, 6.45) is 2.97. The maximum Gasteiger partial charge on any atom is 0.122 e. The van der Waals surface area contributed by atoms with Crippen molar-refractivity contribution in [3.63, 3.8) is 0 Å². The largest absolute Gasteiger partial charge is 0.497 e. The topological polar surface area (TPSA) is 21.7 Å². The highest BCUT2D eigenvalue weighted by Gasteiger charge is 2.26. The molecule has 0 amide bonds. The van der Waals surface area contributed by atoms with Crippen LogP contribution in [0.3, 0.4) is 0 Å². The second kappa shape index (κ2) is 6.14. The molecule has 1 atom stereocenters. The van der Waals surface area contributed by atoms with Crippen LogP contribution in [0, 0.1) is 0 Å². The van der Waals surface area contributed by atoms with Crippen molar-refractivity contribution < 1.29 is 9.47 Å². The maximum absolute atomic E-state index is 5.50. The van der Waals surface area contributed by atoms with Gasteiger partial charge in [0.2, 0.25) is 0 Å². The van der Waals surface area contributed by atoms with Crippen LogP contribution in [0.2, 0.25) is 0 Å². The predicted octanol–water partition coefficient (Wildman–Crippen LogP) is 3.16. The molecule has 1 aromatic carbocycles. The quantitative estimate of drug-likeness (QED) is 0.621. The lowest BCUT2D eigenvalue weighted by molar-refractivity contribution is 0.239. The summed E-state index contributed by atoms with van der Waals surface area (Å²) in [5.41, 5.74) is 3.92. The molecule has 1 aliphatic heterocycles. The van der Waals surface area contributed by atoms with Crippen molar-refractivity contribution >= 4 is 0 Å². The van der Waals surface area contributed by atoms with Crippen molar-refractivity contribution in [2.75, 3.05) is 21.3 Å². The molecule has 3 nitrogen and oxygen atoms in total. The predicted molar refractivity (Wildman–Crippen MR) is 81.9 cm³/mol. The van der Waals surface area contributed by atoms with Crippen LogP contribution in [-0.4, -0.2) is 32.2 Å². The van der Waals surface area contributed by atoms with Gasteiger partial charge in [-0.15, -0.1) is 0 Å². The summed E-state index contributed by atoms with van der Waals surface area (Å²) < 4.78 is 10.6. The first-order valence-electron chi connectivity index (χ1n) is 6.83. The van der Waals surface area contributed by atoms with Crippen molar-refractivity contribution in [3.05, 3.63) is 53.3 Å². The molecule has 0 saturated heterocycles. The lowest BCUT2D eigenvalue weighted by Gasteiger charge is -2.35.